The first kappa shape index (κ1) is 44.5. The molecule has 0 aromatic heterocycles. The highest BCUT2D eigenvalue weighted by Crippen LogP contribution is 2.12. The summed E-state index contributed by atoms with van der Waals surface area (Å²) in [6.07, 6.45) is 1.62. The zero-order chi connectivity index (χ0) is 37.5. The van der Waals surface area contributed by atoms with Crippen molar-refractivity contribution >= 4 is 41.2 Å². The topological polar surface area (TPSA) is 218 Å². The highest BCUT2D eigenvalue weighted by Gasteiger charge is 2.36. The van der Waals surface area contributed by atoms with Crippen molar-refractivity contribution in [3.8, 4) is 0 Å². The van der Waals surface area contributed by atoms with Crippen molar-refractivity contribution in [1.29, 1.82) is 0 Å². The van der Waals surface area contributed by atoms with E-state index in [1.165, 1.54) is 13.8 Å². The van der Waals surface area contributed by atoms with Gasteiger partial charge in [-0.1, -0.05) is 69.2 Å². The van der Waals surface area contributed by atoms with Crippen molar-refractivity contribution in [3.63, 3.8) is 0 Å². The molecule has 14 heteroatoms. The maximum absolute atomic E-state index is 13.6. The van der Waals surface area contributed by atoms with E-state index in [0.717, 1.165) is 0 Å². The Morgan fingerprint density at radius 2 is 0.729 bits per heavy atom. The minimum Gasteiger partial charge on any atom is -0.345 e. The number of rotatable bonds is 21. The van der Waals surface area contributed by atoms with Gasteiger partial charge in [-0.15, -0.1) is 0 Å². The highest BCUT2D eigenvalue weighted by atomic mass is 16.2. The largest absolute Gasteiger partial charge is 0.345 e. The summed E-state index contributed by atoms with van der Waals surface area (Å²) in [5.74, 6) is -5.02. The Kier molecular flexibility index (Phi) is 19.8. The van der Waals surface area contributed by atoms with E-state index in [1.54, 1.807) is 55.4 Å². The van der Waals surface area contributed by atoms with Crippen LogP contribution in [0.2, 0.25) is 0 Å². The third-order valence-corrected chi connectivity index (χ3v) is 8.03. The quantitative estimate of drug-likeness (QED) is 0.0862. The first-order valence-corrected chi connectivity index (χ1v) is 17.1. The Morgan fingerprint density at radius 3 is 0.979 bits per heavy atom. The van der Waals surface area contributed by atoms with Gasteiger partial charge < -0.3 is 37.6 Å². The Morgan fingerprint density at radius 1 is 0.438 bits per heavy atom. The van der Waals surface area contributed by atoms with Gasteiger partial charge in [0.2, 0.25) is 35.4 Å². The fraction of sp³-hybridized carbons (Fsp3) is 0.794. The van der Waals surface area contributed by atoms with E-state index in [9.17, 15) is 33.6 Å². The van der Waals surface area contributed by atoms with E-state index < -0.39 is 71.7 Å². The molecule has 0 bridgehead atoms. The lowest BCUT2D eigenvalue weighted by Crippen LogP contribution is -2.62. The van der Waals surface area contributed by atoms with E-state index in [0.29, 0.717) is 25.8 Å². The summed E-state index contributed by atoms with van der Waals surface area (Å²) in [6, 6.07) is -5.66. The molecule has 0 fully saturated rings. The van der Waals surface area contributed by atoms with E-state index in [2.05, 4.69) is 31.9 Å². The van der Waals surface area contributed by atoms with Gasteiger partial charge in [-0.2, -0.15) is 0 Å². The Bertz CT molecular complexity index is 1110. The van der Waals surface area contributed by atoms with Crippen LogP contribution in [0.1, 0.15) is 102 Å². The first-order chi connectivity index (χ1) is 22.2. The maximum atomic E-state index is 13.6. The molecular formula is C34H63N7O7. The van der Waals surface area contributed by atoms with Gasteiger partial charge in [-0.25, -0.2) is 0 Å². The molecule has 0 saturated heterocycles. The van der Waals surface area contributed by atoms with Gasteiger partial charge in [0.1, 0.15) is 30.2 Å². The molecule has 14 nitrogen and oxygen atoms in total. The van der Waals surface area contributed by atoms with Gasteiger partial charge in [0.25, 0.3) is 0 Å². The summed E-state index contributed by atoms with van der Waals surface area (Å²) in [7, 11) is 0. The molecule has 0 unspecified atom stereocenters. The molecule has 0 aliphatic rings. The maximum Gasteiger partial charge on any atom is 0.243 e. The van der Waals surface area contributed by atoms with Crippen LogP contribution in [0, 0.1) is 29.6 Å². The van der Waals surface area contributed by atoms with E-state index in [-0.39, 0.29) is 35.4 Å². The Labute approximate surface area is 287 Å². The molecule has 0 rings (SSSR count). The van der Waals surface area contributed by atoms with Crippen LogP contribution < -0.4 is 37.6 Å². The number of hydrogen-bond acceptors (Lipinski definition) is 8. The van der Waals surface area contributed by atoms with Crippen LogP contribution in [-0.4, -0.2) is 84.0 Å². The van der Waals surface area contributed by atoms with E-state index in [1.807, 2.05) is 13.8 Å². The highest BCUT2D eigenvalue weighted by molar-refractivity contribution is 5.97. The second-order valence-corrected chi connectivity index (χ2v) is 14.3. The minimum absolute atomic E-state index is 0.149. The molecule has 0 radical (unpaired) electrons. The van der Waals surface area contributed by atoms with Gasteiger partial charge in [-0.05, 0) is 62.3 Å². The number of nitrogens with two attached hydrogens (primary N) is 1. The summed E-state index contributed by atoms with van der Waals surface area (Å²) in [6.45, 7) is 20.7. The molecule has 6 amide bonds. The second-order valence-electron chi connectivity index (χ2n) is 14.3. The summed E-state index contributed by atoms with van der Waals surface area (Å²) in [5, 5.41) is 16.3. The molecular weight excluding hydrogens is 618 g/mol. The average molecular weight is 682 g/mol. The van der Waals surface area contributed by atoms with Crippen molar-refractivity contribution in [2.45, 2.75) is 139 Å². The van der Waals surface area contributed by atoms with Gasteiger partial charge >= 0.3 is 0 Å². The predicted octanol–water partition coefficient (Wildman–Crippen LogP) is 0.913. The number of carbonyl (C=O) groups is 7. The third kappa shape index (κ3) is 15.1. The molecule has 276 valence electrons. The Balaban J connectivity index is 5.93. The SMILES string of the molecule is CC(=O)N[C@@H](CCCCN)C(=O)N[C@@H](C(=O)N[C@H](C(=O)N[C@@H](C(=O)N[C@H](C(=O)N[C@@H](C(C)=O)C(C)C)C(C)C)C(C)C)C(C)C)C(C)C. The lowest BCUT2D eigenvalue weighted by atomic mass is 9.96. The average Bonchev–Trinajstić information content (AvgIpc) is 2.96. The van der Waals surface area contributed by atoms with E-state index in [4.69, 9.17) is 5.73 Å². The number of nitrogens with one attached hydrogen (secondary N) is 6. The minimum atomic E-state index is -1.06. The van der Waals surface area contributed by atoms with Crippen LogP contribution >= 0.6 is 0 Å². The van der Waals surface area contributed by atoms with Gasteiger partial charge in [0, 0.05) is 6.92 Å². The summed E-state index contributed by atoms with van der Waals surface area (Å²) in [5.41, 5.74) is 5.57. The van der Waals surface area contributed by atoms with Gasteiger partial charge in [0.15, 0.2) is 5.78 Å². The summed E-state index contributed by atoms with van der Waals surface area (Å²) in [4.78, 5) is 90.8. The van der Waals surface area contributed by atoms with Crippen LogP contribution in [0.3, 0.4) is 0 Å². The summed E-state index contributed by atoms with van der Waals surface area (Å²) < 4.78 is 0. The van der Waals surface area contributed by atoms with Gasteiger partial charge in [0.05, 0.1) is 6.04 Å². The fourth-order valence-electron chi connectivity index (χ4n) is 5.11. The number of carbonyl (C=O) groups excluding carboxylic acids is 7. The third-order valence-electron chi connectivity index (χ3n) is 8.03. The molecule has 0 aliphatic carbocycles. The number of amides is 6. The molecule has 0 saturated carbocycles. The molecule has 8 N–H and O–H groups in total. The number of Topliss-reactive ketones (excluding diaryl/α,β-unsaturated/α-hetero) is 1. The van der Waals surface area contributed by atoms with Crippen LogP contribution in [0.25, 0.3) is 0 Å². The Hall–Kier alpha value is -3.55. The number of ketones is 1. The second kappa shape index (κ2) is 21.4. The zero-order valence-electron chi connectivity index (χ0n) is 31.1. The van der Waals surface area contributed by atoms with Crippen molar-refractivity contribution in [2.24, 2.45) is 35.3 Å². The standard InChI is InChI=1S/C34H63N7O7/c1-17(2)25(22(11)42)37-31(45)27(19(5)6)39-33(47)29(21(9)10)41-34(48)28(20(7)8)40-32(46)26(18(3)4)38-30(44)24(36-23(12)43)15-13-14-16-35/h17-21,24-29H,13-16,35H2,1-12H3,(H,36,43)(H,37,45)(H,38,44)(H,39,47)(H,40,46)(H,41,48)/t24-,25+,26+,27-,28-,29+/m0/s1. The monoisotopic (exact) mass is 681 g/mol. The number of hydrogen-bond donors (Lipinski definition) is 7. The molecule has 0 heterocycles. The van der Waals surface area contributed by atoms with Crippen LogP contribution in [0.4, 0.5) is 0 Å². The zero-order valence-corrected chi connectivity index (χ0v) is 31.1. The molecule has 6 atom stereocenters. The van der Waals surface area contributed by atoms with Crippen LogP contribution in [-0.2, 0) is 33.6 Å². The smallest absolute Gasteiger partial charge is 0.243 e. The molecule has 0 aromatic carbocycles. The summed E-state index contributed by atoms with van der Waals surface area (Å²) >= 11 is 0. The lowest BCUT2D eigenvalue weighted by molar-refractivity contribution is -0.137. The van der Waals surface area contributed by atoms with Crippen molar-refractivity contribution < 1.29 is 33.6 Å². The van der Waals surface area contributed by atoms with Crippen molar-refractivity contribution in [1.82, 2.24) is 31.9 Å². The molecule has 48 heavy (non-hydrogen) atoms. The molecule has 0 aromatic rings. The van der Waals surface area contributed by atoms with E-state index >= 15 is 0 Å². The first-order valence-electron chi connectivity index (χ1n) is 17.1. The molecule has 0 spiro atoms. The normalized spacial score (nSPS) is 15.3. The van der Waals surface area contributed by atoms with Crippen molar-refractivity contribution in [2.75, 3.05) is 6.54 Å². The van der Waals surface area contributed by atoms with Crippen molar-refractivity contribution in [3.05, 3.63) is 0 Å². The van der Waals surface area contributed by atoms with Crippen LogP contribution in [0.15, 0.2) is 0 Å². The lowest BCUT2D eigenvalue weighted by Gasteiger charge is -2.31. The fourth-order valence-corrected chi connectivity index (χ4v) is 5.11. The number of unbranched alkanes of at least 4 members (excludes halogenated alkanes) is 1. The predicted molar refractivity (Wildman–Crippen MR) is 185 cm³/mol. The van der Waals surface area contributed by atoms with Crippen LogP contribution in [0.5, 0.6) is 0 Å². The molecule has 0 aliphatic heterocycles. The van der Waals surface area contributed by atoms with Gasteiger partial charge in [-0.3, -0.25) is 33.6 Å².